The van der Waals surface area contributed by atoms with Gasteiger partial charge in [-0.15, -0.1) is 0 Å². The molecule has 2 fully saturated rings. The van der Waals surface area contributed by atoms with Gasteiger partial charge < -0.3 is 10.6 Å². The van der Waals surface area contributed by atoms with Gasteiger partial charge in [0.15, 0.2) is 0 Å². The predicted molar refractivity (Wildman–Crippen MR) is 93.2 cm³/mol. The number of nitrogens with one attached hydrogen (secondary N) is 2. The summed E-state index contributed by atoms with van der Waals surface area (Å²) in [5, 5.41) is 5.83. The van der Waals surface area contributed by atoms with Crippen molar-refractivity contribution >= 4 is 5.91 Å². The molecule has 2 N–H and O–H groups in total. The number of hydrogen-bond donors (Lipinski definition) is 2. The molecule has 26 heavy (non-hydrogen) atoms. The number of carbonyl (C=O) groups is 1. The number of alkyl halides is 3. The molecular weight excluding hydrogens is 345 g/mol. The number of carbonyl (C=O) groups excluding carboxylic acids is 1. The molecule has 1 unspecified atom stereocenters. The summed E-state index contributed by atoms with van der Waals surface area (Å²) < 4.78 is 39.3. The number of halogens is 3. The van der Waals surface area contributed by atoms with E-state index in [1.54, 1.807) is 13.0 Å². The zero-order chi connectivity index (χ0) is 18.8. The highest BCUT2D eigenvalue weighted by molar-refractivity contribution is 5.78. The van der Waals surface area contributed by atoms with E-state index in [1.807, 2.05) is 0 Å². The fraction of sp³-hybridized carbons (Fsp3) is 0.722. The van der Waals surface area contributed by atoms with Crippen molar-refractivity contribution in [3.05, 3.63) is 24.0 Å². The highest BCUT2D eigenvalue weighted by atomic mass is 19.4. The van der Waals surface area contributed by atoms with E-state index in [9.17, 15) is 18.0 Å². The van der Waals surface area contributed by atoms with E-state index in [4.69, 9.17) is 0 Å². The van der Waals surface area contributed by atoms with Crippen molar-refractivity contribution in [1.29, 1.82) is 0 Å². The second-order valence-corrected chi connectivity index (χ2v) is 7.25. The lowest BCUT2D eigenvalue weighted by atomic mass is 9.74. The van der Waals surface area contributed by atoms with Crippen LogP contribution in [0, 0.1) is 0 Å². The van der Waals surface area contributed by atoms with Crippen LogP contribution in [0.3, 0.4) is 0 Å². The van der Waals surface area contributed by atoms with Gasteiger partial charge in [-0.05, 0) is 25.3 Å². The second-order valence-electron chi connectivity index (χ2n) is 7.25. The topological polar surface area (TPSA) is 47.6 Å². The van der Waals surface area contributed by atoms with Gasteiger partial charge in [-0.3, -0.25) is 14.6 Å². The Kier molecular flexibility index (Phi) is 5.62. The monoisotopic (exact) mass is 372 g/mol. The average Bonchev–Trinajstić information content (AvgIpc) is 2.61. The van der Waals surface area contributed by atoms with Crippen LogP contribution in [0.5, 0.6) is 0 Å². The van der Waals surface area contributed by atoms with Crippen molar-refractivity contribution in [3.63, 3.8) is 0 Å². The van der Waals surface area contributed by atoms with Crippen molar-refractivity contribution < 1.29 is 18.0 Å². The number of amides is 1. The number of dihydropyridines is 1. The number of nitrogens with zero attached hydrogens (tertiary/aromatic N) is 2. The molecule has 3 rings (SSSR count). The summed E-state index contributed by atoms with van der Waals surface area (Å²) >= 11 is 0. The van der Waals surface area contributed by atoms with E-state index in [1.165, 1.54) is 11.0 Å². The van der Waals surface area contributed by atoms with Gasteiger partial charge in [0.25, 0.3) is 0 Å². The Hall–Kier alpha value is -1.54. The van der Waals surface area contributed by atoms with Crippen molar-refractivity contribution in [2.45, 2.75) is 50.4 Å². The molecule has 8 heteroatoms. The van der Waals surface area contributed by atoms with Crippen molar-refractivity contribution in [1.82, 2.24) is 20.4 Å². The van der Waals surface area contributed by atoms with Crippen LogP contribution in [-0.4, -0.2) is 66.2 Å². The molecule has 1 amide bonds. The largest absolute Gasteiger partial charge is 0.412 e. The Morgan fingerprint density at radius 3 is 2.58 bits per heavy atom. The Balaban J connectivity index is 1.79. The standard InChI is InChI=1S/C18H27F3N4O/c1-2-16(26)25(15-6-3-5-14(23-15)18(19,20)21)13-17(7-4-8-17)24-11-9-22-10-12-24/h3,5-6,14,22-23H,2,4,7-13H2,1H3. The molecule has 0 aromatic carbocycles. The summed E-state index contributed by atoms with van der Waals surface area (Å²) in [4.78, 5) is 16.5. The summed E-state index contributed by atoms with van der Waals surface area (Å²) in [7, 11) is 0. The smallest absolute Gasteiger partial charge is 0.357 e. The molecule has 0 aromatic heterocycles. The minimum Gasteiger partial charge on any atom is -0.357 e. The van der Waals surface area contributed by atoms with Gasteiger partial charge in [0, 0.05) is 44.7 Å². The van der Waals surface area contributed by atoms with Gasteiger partial charge in [-0.25, -0.2) is 0 Å². The number of rotatable bonds is 5. The predicted octanol–water partition coefficient (Wildman–Crippen LogP) is 1.98. The lowest BCUT2D eigenvalue weighted by molar-refractivity contribution is -0.147. The van der Waals surface area contributed by atoms with Gasteiger partial charge in [0.2, 0.25) is 5.91 Å². The fourth-order valence-corrected chi connectivity index (χ4v) is 3.96. The Bertz CT molecular complexity index is 577. The highest BCUT2D eigenvalue weighted by Crippen LogP contribution is 2.39. The van der Waals surface area contributed by atoms with Crippen molar-refractivity contribution in [3.8, 4) is 0 Å². The lowest BCUT2D eigenvalue weighted by Gasteiger charge is -2.54. The summed E-state index contributed by atoms with van der Waals surface area (Å²) in [5.41, 5.74) is -0.121. The molecular formula is C18H27F3N4O. The molecule has 2 aliphatic heterocycles. The molecule has 0 spiro atoms. The number of allylic oxidation sites excluding steroid dienone is 2. The molecule has 146 valence electrons. The molecule has 0 radical (unpaired) electrons. The van der Waals surface area contributed by atoms with E-state index in [-0.39, 0.29) is 23.7 Å². The minimum absolute atomic E-state index is 0.121. The van der Waals surface area contributed by atoms with Gasteiger partial charge in [-0.1, -0.05) is 19.1 Å². The average molecular weight is 372 g/mol. The maximum absolute atomic E-state index is 13.1. The van der Waals surface area contributed by atoms with Gasteiger partial charge in [0.1, 0.15) is 11.9 Å². The van der Waals surface area contributed by atoms with Gasteiger partial charge in [0.05, 0.1) is 0 Å². The molecule has 2 heterocycles. The molecule has 1 aliphatic carbocycles. The summed E-state index contributed by atoms with van der Waals surface area (Å²) in [6, 6.07) is -1.76. The van der Waals surface area contributed by atoms with Crippen LogP contribution in [0.25, 0.3) is 0 Å². The van der Waals surface area contributed by atoms with Crippen LogP contribution in [0.15, 0.2) is 24.0 Å². The van der Waals surface area contributed by atoms with Crippen LogP contribution in [0.4, 0.5) is 13.2 Å². The summed E-state index contributed by atoms with van der Waals surface area (Å²) in [5.74, 6) is 0.101. The zero-order valence-corrected chi connectivity index (χ0v) is 15.1. The first kappa shape index (κ1) is 19.2. The molecule has 0 aromatic rings. The maximum Gasteiger partial charge on any atom is 0.412 e. The molecule has 0 bridgehead atoms. The molecule has 1 saturated heterocycles. The Morgan fingerprint density at radius 1 is 1.35 bits per heavy atom. The first-order valence-corrected chi connectivity index (χ1v) is 9.34. The minimum atomic E-state index is -4.39. The molecule has 1 saturated carbocycles. The van der Waals surface area contributed by atoms with Crippen molar-refractivity contribution in [2.24, 2.45) is 0 Å². The van der Waals surface area contributed by atoms with Gasteiger partial charge in [-0.2, -0.15) is 13.2 Å². The summed E-state index contributed by atoms with van der Waals surface area (Å²) in [6.45, 7) is 5.81. The normalized spacial score (nSPS) is 25.8. The van der Waals surface area contributed by atoms with Crippen LogP contribution in [0.1, 0.15) is 32.6 Å². The van der Waals surface area contributed by atoms with Crippen LogP contribution in [-0.2, 0) is 4.79 Å². The lowest BCUT2D eigenvalue weighted by Crippen LogP contribution is -2.65. The maximum atomic E-state index is 13.1. The van der Waals surface area contributed by atoms with E-state index in [0.29, 0.717) is 6.54 Å². The first-order valence-electron chi connectivity index (χ1n) is 9.34. The molecule has 5 nitrogen and oxygen atoms in total. The van der Waals surface area contributed by atoms with Crippen molar-refractivity contribution in [2.75, 3.05) is 32.7 Å². The van der Waals surface area contributed by atoms with E-state index in [0.717, 1.165) is 51.5 Å². The number of hydrogen-bond acceptors (Lipinski definition) is 4. The Labute approximate surface area is 152 Å². The third-order valence-electron chi connectivity index (χ3n) is 5.63. The van der Waals surface area contributed by atoms with E-state index >= 15 is 0 Å². The third kappa shape index (κ3) is 3.91. The number of piperazine rings is 1. The first-order chi connectivity index (χ1) is 12.4. The third-order valence-corrected chi connectivity index (χ3v) is 5.63. The van der Waals surface area contributed by atoms with Crippen LogP contribution >= 0.6 is 0 Å². The van der Waals surface area contributed by atoms with Crippen LogP contribution < -0.4 is 10.6 Å². The Morgan fingerprint density at radius 2 is 2.04 bits per heavy atom. The quantitative estimate of drug-likeness (QED) is 0.775. The SMILES string of the molecule is CCC(=O)N(CC1(N2CCNCC2)CCC1)C1=CC=CC(C(F)(F)F)N1. The van der Waals surface area contributed by atoms with Crippen LogP contribution in [0.2, 0.25) is 0 Å². The molecule has 3 aliphatic rings. The second kappa shape index (κ2) is 7.60. The fourth-order valence-electron chi connectivity index (χ4n) is 3.96. The summed E-state index contributed by atoms with van der Waals surface area (Å²) in [6.07, 6.45) is 2.96. The highest BCUT2D eigenvalue weighted by Gasteiger charge is 2.46. The molecule has 1 atom stereocenters. The zero-order valence-electron chi connectivity index (χ0n) is 15.1. The van der Waals surface area contributed by atoms with E-state index < -0.39 is 12.2 Å². The van der Waals surface area contributed by atoms with E-state index in [2.05, 4.69) is 15.5 Å². The van der Waals surface area contributed by atoms with Gasteiger partial charge >= 0.3 is 6.18 Å².